The Balaban J connectivity index is 2.89. The molecule has 0 saturated carbocycles. The van der Waals surface area contributed by atoms with Crippen LogP contribution in [0, 0.1) is 16.0 Å². The summed E-state index contributed by atoms with van der Waals surface area (Å²) in [4.78, 5) is 35.6. The third-order valence-electron chi connectivity index (χ3n) is 3.28. The second kappa shape index (κ2) is 8.84. The molecule has 0 fully saturated rings. The van der Waals surface area contributed by atoms with Crippen LogP contribution in [-0.2, 0) is 14.3 Å². The van der Waals surface area contributed by atoms with E-state index in [0.717, 1.165) is 0 Å². The molecule has 1 atom stereocenters. The molecule has 1 aromatic carbocycles. The molecule has 8 heteroatoms. The highest BCUT2D eigenvalue weighted by atomic mass is 16.6. The summed E-state index contributed by atoms with van der Waals surface area (Å²) in [6.45, 7) is 2.45. The normalized spacial score (nSPS) is 11.6. The van der Waals surface area contributed by atoms with Gasteiger partial charge in [-0.1, -0.05) is 6.92 Å². The van der Waals surface area contributed by atoms with E-state index in [0.29, 0.717) is 18.7 Å². The van der Waals surface area contributed by atoms with Crippen molar-refractivity contribution in [3.05, 3.63) is 39.9 Å². The lowest BCUT2D eigenvalue weighted by molar-refractivity contribution is -0.384. The number of hydrogen-bond acceptors (Lipinski definition) is 6. The van der Waals surface area contributed by atoms with Crippen LogP contribution in [-0.4, -0.2) is 55.6 Å². The minimum absolute atomic E-state index is 0.0899. The zero-order valence-electron chi connectivity index (χ0n) is 13.4. The molecule has 0 aromatic heterocycles. The number of esters is 1. The zero-order chi connectivity index (χ0) is 17.4. The summed E-state index contributed by atoms with van der Waals surface area (Å²) in [6, 6.07) is 5.32. The molecule has 0 aliphatic carbocycles. The summed E-state index contributed by atoms with van der Waals surface area (Å²) in [5.74, 6) is -1.23. The van der Waals surface area contributed by atoms with Crippen LogP contribution in [0.5, 0.6) is 0 Å². The Morgan fingerprint density at radius 3 is 2.35 bits per heavy atom. The number of carbonyl (C=O) groups is 2. The van der Waals surface area contributed by atoms with Gasteiger partial charge in [0.2, 0.25) is 0 Å². The van der Waals surface area contributed by atoms with Gasteiger partial charge in [-0.15, -0.1) is 0 Å². The van der Waals surface area contributed by atoms with Crippen LogP contribution in [0.2, 0.25) is 0 Å². The van der Waals surface area contributed by atoms with E-state index in [-0.39, 0.29) is 18.1 Å². The van der Waals surface area contributed by atoms with E-state index in [4.69, 9.17) is 4.74 Å². The van der Waals surface area contributed by atoms with Crippen molar-refractivity contribution in [1.29, 1.82) is 0 Å². The van der Waals surface area contributed by atoms with Crippen LogP contribution in [0.25, 0.3) is 0 Å². The quantitative estimate of drug-likeness (QED) is 0.408. The van der Waals surface area contributed by atoms with E-state index in [2.05, 4.69) is 4.74 Å². The van der Waals surface area contributed by atoms with Crippen LogP contribution in [0.3, 0.4) is 0 Å². The van der Waals surface area contributed by atoms with Gasteiger partial charge in [-0.3, -0.25) is 19.7 Å². The van der Waals surface area contributed by atoms with Crippen molar-refractivity contribution in [3.8, 4) is 0 Å². The number of nitrogens with zero attached hydrogens (tertiary/aromatic N) is 2. The molecule has 0 bridgehead atoms. The molecule has 0 N–H and O–H groups in total. The highest BCUT2D eigenvalue weighted by molar-refractivity contribution is 5.94. The number of non-ortho nitro benzene ring substituents is 1. The van der Waals surface area contributed by atoms with Gasteiger partial charge in [-0.2, -0.15) is 0 Å². The molecule has 0 saturated heterocycles. The predicted molar refractivity (Wildman–Crippen MR) is 82.1 cm³/mol. The predicted octanol–water partition coefficient (Wildman–Crippen LogP) is 1.49. The lowest BCUT2D eigenvalue weighted by Crippen LogP contribution is -2.39. The Labute approximate surface area is 134 Å². The SMILES string of the molecule is COCCN(CC(C)C(=O)OC)C(=O)c1ccc([N+](=O)[O-])cc1. The maximum atomic E-state index is 12.5. The van der Waals surface area contributed by atoms with Crippen molar-refractivity contribution in [2.75, 3.05) is 33.9 Å². The lowest BCUT2D eigenvalue weighted by Gasteiger charge is -2.24. The molecule has 1 aromatic rings. The van der Waals surface area contributed by atoms with E-state index in [1.165, 1.54) is 43.4 Å². The Morgan fingerprint density at radius 2 is 1.87 bits per heavy atom. The maximum Gasteiger partial charge on any atom is 0.310 e. The number of hydrogen-bond donors (Lipinski definition) is 0. The monoisotopic (exact) mass is 324 g/mol. The first-order valence-electron chi connectivity index (χ1n) is 7.01. The number of amides is 1. The van der Waals surface area contributed by atoms with Crippen molar-refractivity contribution in [2.24, 2.45) is 5.92 Å². The second-order valence-electron chi connectivity index (χ2n) is 4.97. The highest BCUT2D eigenvalue weighted by Crippen LogP contribution is 2.14. The van der Waals surface area contributed by atoms with Crippen molar-refractivity contribution < 1.29 is 24.0 Å². The minimum Gasteiger partial charge on any atom is -0.469 e. The first-order valence-corrected chi connectivity index (χ1v) is 7.01. The minimum atomic E-state index is -0.531. The van der Waals surface area contributed by atoms with Gasteiger partial charge >= 0.3 is 5.97 Å². The van der Waals surface area contributed by atoms with Gasteiger partial charge in [0.1, 0.15) is 0 Å². The van der Waals surface area contributed by atoms with Gasteiger partial charge in [0.15, 0.2) is 0 Å². The van der Waals surface area contributed by atoms with Crippen LogP contribution in [0.1, 0.15) is 17.3 Å². The third-order valence-corrected chi connectivity index (χ3v) is 3.28. The fourth-order valence-corrected chi connectivity index (χ4v) is 1.99. The number of nitro benzene ring substituents is 1. The average Bonchev–Trinajstić information content (AvgIpc) is 2.56. The first-order chi connectivity index (χ1) is 10.9. The van der Waals surface area contributed by atoms with E-state index in [1.54, 1.807) is 6.92 Å². The molecule has 8 nitrogen and oxygen atoms in total. The van der Waals surface area contributed by atoms with E-state index in [9.17, 15) is 19.7 Å². The van der Waals surface area contributed by atoms with Crippen molar-refractivity contribution in [2.45, 2.75) is 6.92 Å². The molecule has 0 spiro atoms. The molecular weight excluding hydrogens is 304 g/mol. The molecule has 1 rings (SSSR count). The molecular formula is C15H20N2O6. The lowest BCUT2D eigenvalue weighted by atomic mass is 10.1. The van der Waals surface area contributed by atoms with Crippen LogP contribution in [0.15, 0.2) is 24.3 Å². The number of methoxy groups -OCH3 is 2. The molecule has 1 amide bonds. The average molecular weight is 324 g/mol. The smallest absolute Gasteiger partial charge is 0.310 e. The van der Waals surface area contributed by atoms with Crippen molar-refractivity contribution >= 4 is 17.6 Å². The molecule has 0 heterocycles. The zero-order valence-corrected chi connectivity index (χ0v) is 13.4. The van der Waals surface area contributed by atoms with Gasteiger partial charge in [0.25, 0.3) is 11.6 Å². The molecule has 0 radical (unpaired) electrons. The first kappa shape index (κ1) is 18.6. The van der Waals surface area contributed by atoms with Crippen LogP contribution < -0.4 is 0 Å². The largest absolute Gasteiger partial charge is 0.469 e. The molecule has 0 aliphatic rings. The molecule has 23 heavy (non-hydrogen) atoms. The molecule has 126 valence electrons. The van der Waals surface area contributed by atoms with Gasteiger partial charge in [0, 0.05) is 37.9 Å². The Bertz CT molecular complexity index is 558. The van der Waals surface area contributed by atoms with Crippen molar-refractivity contribution in [3.63, 3.8) is 0 Å². The summed E-state index contributed by atoms with van der Waals surface area (Å²) in [5.41, 5.74) is 0.219. The van der Waals surface area contributed by atoms with Gasteiger partial charge in [0.05, 0.1) is 24.6 Å². The van der Waals surface area contributed by atoms with Gasteiger partial charge in [-0.25, -0.2) is 0 Å². The standard InChI is InChI=1S/C15H20N2O6/c1-11(15(19)23-3)10-16(8-9-22-2)14(18)12-4-6-13(7-5-12)17(20)21/h4-7,11H,8-10H2,1-3H3. The summed E-state index contributed by atoms with van der Waals surface area (Å²) in [5, 5.41) is 10.7. The number of benzene rings is 1. The fourth-order valence-electron chi connectivity index (χ4n) is 1.99. The topological polar surface area (TPSA) is 99.0 Å². The van der Waals surface area contributed by atoms with Crippen molar-refractivity contribution in [1.82, 2.24) is 4.90 Å². The highest BCUT2D eigenvalue weighted by Gasteiger charge is 2.22. The number of ether oxygens (including phenoxy) is 2. The van der Waals surface area contributed by atoms with E-state index in [1.807, 2.05) is 0 Å². The summed E-state index contributed by atoms with van der Waals surface area (Å²) in [6.07, 6.45) is 0. The Hall–Kier alpha value is -2.48. The summed E-state index contributed by atoms with van der Waals surface area (Å²) in [7, 11) is 2.80. The number of rotatable bonds is 8. The van der Waals surface area contributed by atoms with Gasteiger partial charge < -0.3 is 14.4 Å². The van der Waals surface area contributed by atoms with Crippen LogP contribution in [0.4, 0.5) is 5.69 Å². The van der Waals surface area contributed by atoms with E-state index < -0.39 is 16.8 Å². The second-order valence-corrected chi connectivity index (χ2v) is 4.97. The summed E-state index contributed by atoms with van der Waals surface area (Å²) >= 11 is 0. The Morgan fingerprint density at radius 1 is 1.26 bits per heavy atom. The summed E-state index contributed by atoms with van der Waals surface area (Å²) < 4.78 is 9.64. The van der Waals surface area contributed by atoms with Gasteiger partial charge in [-0.05, 0) is 12.1 Å². The number of nitro groups is 1. The third kappa shape index (κ3) is 5.33. The number of carbonyl (C=O) groups excluding carboxylic acids is 2. The maximum absolute atomic E-state index is 12.5. The molecule has 1 unspecified atom stereocenters. The fraction of sp³-hybridized carbons (Fsp3) is 0.467. The van der Waals surface area contributed by atoms with E-state index >= 15 is 0 Å². The Kier molecular flexibility index (Phi) is 7.14. The molecule has 0 aliphatic heterocycles. The van der Waals surface area contributed by atoms with Crippen LogP contribution >= 0.6 is 0 Å².